The molecule has 0 radical (unpaired) electrons. The van der Waals surface area contributed by atoms with Gasteiger partial charge in [0.1, 0.15) is 11.8 Å². The molecule has 1 unspecified atom stereocenters. The van der Waals surface area contributed by atoms with Crippen molar-refractivity contribution in [1.82, 2.24) is 0 Å². The van der Waals surface area contributed by atoms with Crippen LogP contribution in [0.5, 0.6) is 0 Å². The summed E-state index contributed by atoms with van der Waals surface area (Å²) in [5.74, 6) is 0.315. The predicted octanol–water partition coefficient (Wildman–Crippen LogP) is 5.29. The summed E-state index contributed by atoms with van der Waals surface area (Å²) in [6, 6.07) is 12.3. The Hall–Kier alpha value is -1.53. The zero-order chi connectivity index (χ0) is 15.5. The molecule has 1 aromatic rings. The second-order valence-electron chi connectivity index (χ2n) is 4.93. The molecule has 0 aromatic heterocycles. The number of nitrogens with zero attached hydrogens (tertiary/aromatic N) is 2. The van der Waals surface area contributed by atoms with Crippen LogP contribution in [0.15, 0.2) is 54.3 Å². The minimum absolute atomic E-state index is 0.315. The quantitative estimate of drug-likeness (QED) is 0.277. The van der Waals surface area contributed by atoms with Crippen molar-refractivity contribution in [2.75, 3.05) is 17.3 Å². The lowest BCUT2D eigenvalue weighted by Crippen LogP contribution is -2.16. The molecule has 1 atom stereocenters. The lowest BCUT2D eigenvalue weighted by molar-refractivity contribution is 0.643. The number of para-hydroxylation sites is 1. The molecule has 112 valence electrons. The maximum absolute atomic E-state index is 9.45. The largest absolute Gasteiger partial charge is 0.336 e. The third kappa shape index (κ3) is 6.18. The van der Waals surface area contributed by atoms with Crippen LogP contribution in [0, 0.1) is 17.2 Å². The van der Waals surface area contributed by atoms with Crippen molar-refractivity contribution in [3.8, 4) is 6.07 Å². The van der Waals surface area contributed by atoms with Crippen LogP contribution in [0.25, 0.3) is 0 Å². The van der Waals surface area contributed by atoms with Crippen LogP contribution in [-0.2, 0) is 0 Å². The van der Waals surface area contributed by atoms with E-state index in [1.165, 1.54) is 0 Å². The monoisotopic (exact) mass is 346 g/mol. The van der Waals surface area contributed by atoms with E-state index in [1.807, 2.05) is 49.2 Å². The van der Waals surface area contributed by atoms with Crippen molar-refractivity contribution in [2.45, 2.75) is 26.2 Å². The molecular formula is C18H23BrN2. The van der Waals surface area contributed by atoms with E-state index < -0.39 is 0 Å². The Bertz CT molecular complexity index is 500. The van der Waals surface area contributed by atoms with Gasteiger partial charge in [0.2, 0.25) is 0 Å². The van der Waals surface area contributed by atoms with Crippen molar-refractivity contribution in [3.05, 3.63) is 54.3 Å². The Labute approximate surface area is 136 Å². The summed E-state index contributed by atoms with van der Waals surface area (Å²) in [7, 11) is 1.94. The van der Waals surface area contributed by atoms with Gasteiger partial charge in [-0.05, 0) is 43.9 Å². The molecule has 0 N–H and O–H groups in total. The molecule has 21 heavy (non-hydrogen) atoms. The van der Waals surface area contributed by atoms with Crippen LogP contribution in [0.1, 0.15) is 26.2 Å². The van der Waals surface area contributed by atoms with Crippen LogP contribution in [0.3, 0.4) is 0 Å². The van der Waals surface area contributed by atoms with Gasteiger partial charge in [0.15, 0.2) is 0 Å². The van der Waals surface area contributed by atoms with E-state index in [9.17, 15) is 5.26 Å². The Morgan fingerprint density at radius 1 is 1.33 bits per heavy atom. The zero-order valence-electron chi connectivity index (χ0n) is 12.8. The second-order valence-corrected chi connectivity index (χ2v) is 5.73. The van der Waals surface area contributed by atoms with Crippen molar-refractivity contribution in [2.24, 2.45) is 5.92 Å². The number of alkyl halides is 1. The van der Waals surface area contributed by atoms with Crippen molar-refractivity contribution in [1.29, 1.82) is 5.26 Å². The Balaban J connectivity index is 2.86. The number of halogens is 1. The van der Waals surface area contributed by atoms with Gasteiger partial charge in [-0.1, -0.05) is 52.7 Å². The Morgan fingerprint density at radius 3 is 2.62 bits per heavy atom. The number of hydrogen-bond donors (Lipinski definition) is 0. The highest BCUT2D eigenvalue weighted by atomic mass is 79.9. The molecule has 0 bridgehead atoms. The normalized spacial score (nSPS) is 13.1. The van der Waals surface area contributed by atoms with E-state index in [-0.39, 0.29) is 0 Å². The molecule has 0 spiro atoms. The van der Waals surface area contributed by atoms with Gasteiger partial charge in [-0.15, -0.1) is 0 Å². The van der Waals surface area contributed by atoms with E-state index in [4.69, 9.17) is 0 Å². The fourth-order valence-corrected chi connectivity index (χ4v) is 2.57. The Kier molecular flexibility index (Phi) is 8.54. The number of unbranched alkanes of at least 4 members (excludes halogenated alkanes) is 1. The lowest BCUT2D eigenvalue weighted by atomic mass is 10.00. The minimum atomic E-state index is 0.315. The molecule has 2 nitrogen and oxygen atoms in total. The van der Waals surface area contributed by atoms with E-state index >= 15 is 0 Å². The summed E-state index contributed by atoms with van der Waals surface area (Å²) in [6.07, 6.45) is 9.70. The summed E-state index contributed by atoms with van der Waals surface area (Å²) in [4.78, 5) is 1.95. The van der Waals surface area contributed by atoms with Crippen LogP contribution in [0.4, 0.5) is 5.69 Å². The third-order valence-electron chi connectivity index (χ3n) is 3.35. The minimum Gasteiger partial charge on any atom is -0.336 e. The van der Waals surface area contributed by atoms with Gasteiger partial charge in [0, 0.05) is 18.1 Å². The molecule has 0 fully saturated rings. The van der Waals surface area contributed by atoms with E-state index in [1.54, 1.807) is 0 Å². The standard InChI is InChI=1S/C18H23BrN2/c1-3-9-16(10-7-8-13-19)14-18(15-20)21(2)17-11-5-4-6-12-17/h3-6,9,11-12,14,16H,7-8,10,13H2,1-2H3/b9-3+,18-14-. The fraction of sp³-hybridized carbons (Fsp3) is 0.389. The highest BCUT2D eigenvalue weighted by Gasteiger charge is 2.09. The van der Waals surface area contributed by atoms with Crippen LogP contribution in [-0.4, -0.2) is 12.4 Å². The first kappa shape index (κ1) is 17.5. The van der Waals surface area contributed by atoms with Crippen molar-refractivity contribution in [3.63, 3.8) is 0 Å². The van der Waals surface area contributed by atoms with Gasteiger partial charge in [0.25, 0.3) is 0 Å². The fourth-order valence-electron chi connectivity index (χ4n) is 2.17. The second kappa shape index (κ2) is 10.2. The molecule has 0 saturated carbocycles. The summed E-state index contributed by atoms with van der Waals surface area (Å²) in [5.41, 5.74) is 1.73. The zero-order valence-corrected chi connectivity index (χ0v) is 14.4. The van der Waals surface area contributed by atoms with E-state index in [0.29, 0.717) is 11.6 Å². The molecule has 0 aliphatic rings. The average Bonchev–Trinajstić information content (AvgIpc) is 2.53. The van der Waals surface area contributed by atoms with Gasteiger partial charge in [0.05, 0.1) is 0 Å². The molecule has 0 aliphatic carbocycles. The number of hydrogen-bond acceptors (Lipinski definition) is 2. The SMILES string of the molecule is C/C=C/C(/C=C(/C#N)N(C)c1ccccc1)CCCCBr. The van der Waals surface area contributed by atoms with E-state index in [0.717, 1.165) is 30.3 Å². The van der Waals surface area contributed by atoms with Gasteiger partial charge < -0.3 is 4.90 Å². The summed E-state index contributed by atoms with van der Waals surface area (Å²) in [5, 5.41) is 10.5. The van der Waals surface area contributed by atoms with Crippen molar-refractivity contribution >= 4 is 21.6 Å². The third-order valence-corrected chi connectivity index (χ3v) is 3.91. The van der Waals surface area contributed by atoms with Gasteiger partial charge in [-0.25, -0.2) is 0 Å². The Morgan fingerprint density at radius 2 is 2.05 bits per heavy atom. The number of anilines is 1. The number of nitriles is 1. The van der Waals surface area contributed by atoms with Gasteiger partial charge in [-0.3, -0.25) is 0 Å². The maximum atomic E-state index is 9.45. The average molecular weight is 347 g/mol. The first-order valence-electron chi connectivity index (χ1n) is 7.32. The molecule has 0 saturated heterocycles. The van der Waals surface area contributed by atoms with Gasteiger partial charge in [-0.2, -0.15) is 5.26 Å². The van der Waals surface area contributed by atoms with Crippen LogP contribution in [0.2, 0.25) is 0 Å². The molecule has 1 aromatic carbocycles. The summed E-state index contributed by atoms with van der Waals surface area (Å²) >= 11 is 3.46. The topological polar surface area (TPSA) is 27.0 Å². The smallest absolute Gasteiger partial charge is 0.117 e. The molecule has 0 amide bonds. The molecule has 0 heterocycles. The molecule has 1 rings (SSSR count). The lowest BCUT2D eigenvalue weighted by Gasteiger charge is -2.19. The highest BCUT2D eigenvalue weighted by Crippen LogP contribution is 2.20. The summed E-state index contributed by atoms with van der Waals surface area (Å²) < 4.78 is 0. The van der Waals surface area contributed by atoms with Crippen molar-refractivity contribution < 1.29 is 0 Å². The number of benzene rings is 1. The van der Waals surface area contributed by atoms with Crippen LogP contribution >= 0.6 is 15.9 Å². The van der Waals surface area contributed by atoms with Crippen LogP contribution < -0.4 is 4.90 Å². The molecular weight excluding hydrogens is 324 g/mol. The van der Waals surface area contributed by atoms with Gasteiger partial charge >= 0.3 is 0 Å². The highest BCUT2D eigenvalue weighted by molar-refractivity contribution is 9.09. The number of rotatable bonds is 8. The van der Waals surface area contributed by atoms with E-state index in [2.05, 4.69) is 40.2 Å². The summed E-state index contributed by atoms with van der Waals surface area (Å²) in [6.45, 7) is 2.03. The molecule has 3 heteroatoms. The maximum Gasteiger partial charge on any atom is 0.117 e. The first-order chi connectivity index (χ1) is 10.2. The predicted molar refractivity (Wildman–Crippen MR) is 94.5 cm³/mol. The first-order valence-corrected chi connectivity index (χ1v) is 8.44. The molecule has 0 aliphatic heterocycles. The number of allylic oxidation sites excluding steroid dienone is 4.